The SMILES string of the molecule is O=C(O)c1cc(Cc2ccc(N3CC4CC4C3)nc2CO)no1. The molecule has 7 heteroatoms. The predicted molar refractivity (Wildman–Crippen MR) is 80.2 cm³/mol. The van der Waals surface area contributed by atoms with Crippen LogP contribution in [0.5, 0.6) is 0 Å². The van der Waals surface area contributed by atoms with Crippen LogP contribution in [0.1, 0.15) is 33.9 Å². The van der Waals surface area contributed by atoms with Gasteiger partial charge in [-0.25, -0.2) is 9.78 Å². The fraction of sp³-hybridized carbons (Fsp3) is 0.438. The summed E-state index contributed by atoms with van der Waals surface area (Å²) in [6.45, 7) is 1.94. The highest BCUT2D eigenvalue weighted by Gasteiger charge is 2.45. The Morgan fingerprint density at radius 2 is 2.13 bits per heavy atom. The van der Waals surface area contributed by atoms with Gasteiger partial charge in [-0.3, -0.25) is 0 Å². The smallest absolute Gasteiger partial charge is 0.374 e. The van der Waals surface area contributed by atoms with Crippen LogP contribution in [-0.4, -0.2) is 39.4 Å². The monoisotopic (exact) mass is 315 g/mol. The maximum absolute atomic E-state index is 10.8. The molecule has 1 aliphatic carbocycles. The topological polar surface area (TPSA) is 99.7 Å². The number of fused-ring (bicyclic) bond motifs is 1. The second-order valence-corrected chi connectivity index (χ2v) is 6.26. The van der Waals surface area contributed by atoms with E-state index in [1.807, 2.05) is 12.1 Å². The fourth-order valence-electron chi connectivity index (χ4n) is 3.27. The molecule has 1 aliphatic heterocycles. The molecule has 0 aromatic carbocycles. The van der Waals surface area contributed by atoms with Gasteiger partial charge in [-0.05, 0) is 29.9 Å². The summed E-state index contributed by atoms with van der Waals surface area (Å²) < 4.78 is 4.75. The lowest BCUT2D eigenvalue weighted by Crippen LogP contribution is -2.23. The van der Waals surface area contributed by atoms with Crippen molar-refractivity contribution in [2.24, 2.45) is 11.8 Å². The van der Waals surface area contributed by atoms with Crippen LogP contribution in [0, 0.1) is 11.8 Å². The Bertz CT molecular complexity index is 748. The van der Waals surface area contributed by atoms with Crippen LogP contribution in [-0.2, 0) is 13.0 Å². The Hall–Kier alpha value is -2.41. The van der Waals surface area contributed by atoms with E-state index in [-0.39, 0.29) is 12.4 Å². The third kappa shape index (κ3) is 2.68. The maximum Gasteiger partial charge on any atom is 0.374 e. The van der Waals surface area contributed by atoms with E-state index in [9.17, 15) is 9.90 Å². The lowest BCUT2D eigenvalue weighted by Gasteiger charge is -2.20. The molecule has 0 bridgehead atoms. The van der Waals surface area contributed by atoms with Crippen molar-refractivity contribution < 1.29 is 19.5 Å². The minimum Gasteiger partial charge on any atom is -0.475 e. The normalized spacial score (nSPS) is 22.2. The highest BCUT2D eigenvalue weighted by atomic mass is 16.5. The number of hydrogen-bond acceptors (Lipinski definition) is 6. The number of aromatic carboxylic acids is 1. The van der Waals surface area contributed by atoms with E-state index in [4.69, 9.17) is 9.63 Å². The van der Waals surface area contributed by atoms with Gasteiger partial charge in [0.1, 0.15) is 5.82 Å². The number of aliphatic hydroxyl groups is 1. The molecular weight excluding hydrogens is 298 g/mol. The van der Waals surface area contributed by atoms with Gasteiger partial charge >= 0.3 is 5.97 Å². The summed E-state index contributed by atoms with van der Waals surface area (Å²) in [4.78, 5) is 17.7. The first-order valence-electron chi connectivity index (χ1n) is 7.67. The average Bonchev–Trinajstić information content (AvgIpc) is 2.97. The molecule has 23 heavy (non-hydrogen) atoms. The van der Waals surface area contributed by atoms with E-state index in [1.54, 1.807) is 0 Å². The third-order valence-corrected chi connectivity index (χ3v) is 4.65. The van der Waals surface area contributed by atoms with Crippen LogP contribution >= 0.6 is 0 Å². The molecule has 2 atom stereocenters. The maximum atomic E-state index is 10.8. The number of anilines is 1. The van der Waals surface area contributed by atoms with Crippen molar-refractivity contribution in [1.29, 1.82) is 0 Å². The molecule has 2 aromatic heterocycles. The molecule has 2 N–H and O–H groups in total. The average molecular weight is 315 g/mol. The molecule has 1 saturated heterocycles. The number of nitrogens with zero attached hydrogens (tertiary/aromatic N) is 3. The van der Waals surface area contributed by atoms with Gasteiger partial charge in [-0.15, -0.1) is 0 Å². The Balaban J connectivity index is 1.54. The van der Waals surface area contributed by atoms with Gasteiger partial charge in [-0.1, -0.05) is 11.2 Å². The number of carbonyl (C=O) groups is 1. The van der Waals surface area contributed by atoms with Gasteiger partial charge < -0.3 is 19.6 Å². The van der Waals surface area contributed by atoms with Gasteiger partial charge in [0.2, 0.25) is 5.76 Å². The summed E-state index contributed by atoms with van der Waals surface area (Å²) in [5.41, 5.74) is 1.93. The number of carboxylic acid groups (broad SMARTS) is 1. The summed E-state index contributed by atoms with van der Waals surface area (Å²) >= 11 is 0. The Morgan fingerprint density at radius 3 is 2.78 bits per heavy atom. The molecule has 120 valence electrons. The molecule has 1 saturated carbocycles. The fourth-order valence-corrected chi connectivity index (χ4v) is 3.27. The number of carboxylic acids is 1. The van der Waals surface area contributed by atoms with E-state index in [2.05, 4.69) is 15.0 Å². The van der Waals surface area contributed by atoms with Crippen LogP contribution < -0.4 is 4.90 Å². The Kier molecular flexibility index (Phi) is 3.30. The molecule has 7 nitrogen and oxygen atoms in total. The van der Waals surface area contributed by atoms with Crippen molar-refractivity contribution in [2.75, 3.05) is 18.0 Å². The minimum atomic E-state index is -1.15. The van der Waals surface area contributed by atoms with Crippen LogP contribution in [0.25, 0.3) is 0 Å². The zero-order chi connectivity index (χ0) is 16.0. The van der Waals surface area contributed by atoms with Crippen LogP contribution in [0.4, 0.5) is 5.82 Å². The van der Waals surface area contributed by atoms with E-state index < -0.39 is 5.97 Å². The first-order valence-corrected chi connectivity index (χ1v) is 7.67. The minimum absolute atomic E-state index is 0.159. The van der Waals surface area contributed by atoms with Gasteiger partial charge in [-0.2, -0.15) is 0 Å². The molecule has 3 heterocycles. The van der Waals surface area contributed by atoms with Crippen molar-refractivity contribution in [2.45, 2.75) is 19.4 Å². The molecule has 2 fully saturated rings. The molecule has 2 aromatic rings. The molecule has 0 spiro atoms. The molecule has 4 rings (SSSR count). The second kappa shape index (κ2) is 5.34. The van der Waals surface area contributed by atoms with Crippen molar-refractivity contribution >= 4 is 11.8 Å². The lowest BCUT2D eigenvalue weighted by molar-refractivity contribution is 0.0652. The first kappa shape index (κ1) is 14.2. The summed E-state index contributed by atoms with van der Waals surface area (Å²) in [6.07, 6.45) is 1.71. The quantitative estimate of drug-likeness (QED) is 0.858. The molecular formula is C16H17N3O4. The molecule has 0 amide bonds. The predicted octanol–water partition coefficient (Wildman–Crippen LogP) is 1.31. The first-order chi connectivity index (χ1) is 11.1. The summed E-state index contributed by atoms with van der Waals surface area (Å²) in [5.74, 6) is 1.20. The Morgan fingerprint density at radius 1 is 1.35 bits per heavy atom. The molecule has 2 aliphatic rings. The van der Waals surface area contributed by atoms with Gasteiger partial charge in [0, 0.05) is 25.6 Å². The standard InChI is InChI=1S/C16H17N3O4/c20-8-13-9(4-12-5-14(16(21)22)23-18-12)1-2-15(17-13)19-6-10-3-11(10)7-19/h1-2,5,10-11,20H,3-4,6-8H2,(H,21,22). The number of hydrogen-bond donors (Lipinski definition) is 2. The van der Waals surface area contributed by atoms with Crippen molar-refractivity contribution in [3.63, 3.8) is 0 Å². The zero-order valence-corrected chi connectivity index (χ0v) is 12.5. The number of aliphatic hydroxyl groups excluding tert-OH is 1. The van der Waals surface area contributed by atoms with E-state index in [0.717, 1.165) is 36.3 Å². The van der Waals surface area contributed by atoms with Crippen molar-refractivity contribution in [3.05, 3.63) is 40.9 Å². The summed E-state index contributed by atoms with van der Waals surface area (Å²) in [5, 5.41) is 22.2. The van der Waals surface area contributed by atoms with Gasteiger partial charge in [0.15, 0.2) is 0 Å². The zero-order valence-electron chi connectivity index (χ0n) is 12.5. The van der Waals surface area contributed by atoms with E-state index in [1.165, 1.54) is 12.5 Å². The van der Waals surface area contributed by atoms with Crippen LogP contribution in [0.2, 0.25) is 0 Å². The Labute approximate surface area is 132 Å². The van der Waals surface area contributed by atoms with E-state index in [0.29, 0.717) is 17.8 Å². The number of piperidine rings is 1. The second-order valence-electron chi connectivity index (χ2n) is 6.26. The summed E-state index contributed by atoms with van der Waals surface area (Å²) in [6, 6.07) is 5.27. The summed E-state index contributed by atoms with van der Waals surface area (Å²) in [7, 11) is 0. The number of pyridine rings is 1. The lowest BCUT2D eigenvalue weighted by atomic mass is 10.1. The van der Waals surface area contributed by atoms with Gasteiger partial charge in [0.05, 0.1) is 18.0 Å². The third-order valence-electron chi connectivity index (χ3n) is 4.65. The highest BCUT2D eigenvalue weighted by Crippen LogP contribution is 2.45. The van der Waals surface area contributed by atoms with Crippen LogP contribution in [0.15, 0.2) is 22.7 Å². The largest absolute Gasteiger partial charge is 0.475 e. The number of rotatable bonds is 5. The van der Waals surface area contributed by atoms with Crippen molar-refractivity contribution in [1.82, 2.24) is 10.1 Å². The molecule has 0 radical (unpaired) electrons. The van der Waals surface area contributed by atoms with Crippen LogP contribution in [0.3, 0.4) is 0 Å². The van der Waals surface area contributed by atoms with E-state index >= 15 is 0 Å². The van der Waals surface area contributed by atoms with Gasteiger partial charge in [0.25, 0.3) is 0 Å². The number of aromatic nitrogens is 2. The molecule has 2 unspecified atom stereocenters. The van der Waals surface area contributed by atoms with Crippen molar-refractivity contribution in [3.8, 4) is 0 Å². The highest BCUT2D eigenvalue weighted by molar-refractivity contribution is 5.84.